The van der Waals surface area contributed by atoms with E-state index in [0.717, 1.165) is 11.3 Å². The lowest BCUT2D eigenvalue weighted by molar-refractivity contribution is -0.130. The molecule has 0 aromatic heterocycles. The second kappa shape index (κ2) is 10.5. The van der Waals surface area contributed by atoms with Crippen molar-refractivity contribution in [2.45, 2.75) is 45.2 Å². The molecule has 1 aliphatic heterocycles. The molecular formula is C19H31ClN4O3. The molecule has 152 valence electrons. The van der Waals surface area contributed by atoms with Crippen LogP contribution in [-0.4, -0.2) is 48.7 Å². The summed E-state index contributed by atoms with van der Waals surface area (Å²) in [6.45, 7) is 8.16. The van der Waals surface area contributed by atoms with Crippen molar-refractivity contribution in [2.75, 3.05) is 31.6 Å². The Balaban J connectivity index is 0.00000364. The summed E-state index contributed by atoms with van der Waals surface area (Å²) in [5.74, 6) is -0.146. The van der Waals surface area contributed by atoms with E-state index in [9.17, 15) is 9.59 Å². The van der Waals surface area contributed by atoms with Crippen LogP contribution in [0.1, 0.15) is 45.2 Å². The smallest absolute Gasteiger partial charge is 0.321 e. The van der Waals surface area contributed by atoms with Crippen LogP contribution in [0.25, 0.3) is 0 Å². The minimum atomic E-state index is -0.857. The van der Waals surface area contributed by atoms with E-state index >= 15 is 0 Å². The van der Waals surface area contributed by atoms with Gasteiger partial charge >= 0.3 is 6.03 Å². The van der Waals surface area contributed by atoms with Crippen LogP contribution in [0.4, 0.5) is 10.5 Å². The average molecular weight is 399 g/mol. The Kier molecular flexibility index (Phi) is 9.02. The zero-order valence-corrected chi connectivity index (χ0v) is 17.1. The first kappa shape index (κ1) is 23.2. The van der Waals surface area contributed by atoms with Crippen LogP contribution in [0.2, 0.25) is 0 Å². The summed E-state index contributed by atoms with van der Waals surface area (Å²) in [5, 5.41) is 5.86. The quantitative estimate of drug-likeness (QED) is 0.686. The number of ether oxygens (including phenoxy) is 1. The summed E-state index contributed by atoms with van der Waals surface area (Å²) in [5.41, 5.74) is 7.04. The maximum absolute atomic E-state index is 12.5. The van der Waals surface area contributed by atoms with E-state index in [2.05, 4.69) is 10.6 Å². The van der Waals surface area contributed by atoms with Crippen molar-refractivity contribution in [1.82, 2.24) is 10.2 Å². The predicted octanol–water partition coefficient (Wildman–Crippen LogP) is 2.67. The lowest BCUT2D eigenvalue weighted by atomic mass is 9.90. The van der Waals surface area contributed by atoms with Gasteiger partial charge in [0.1, 0.15) is 0 Å². The van der Waals surface area contributed by atoms with Crippen LogP contribution in [0.5, 0.6) is 0 Å². The molecule has 2 rings (SSSR count). The number of amides is 3. The molecule has 0 aliphatic carbocycles. The van der Waals surface area contributed by atoms with E-state index in [-0.39, 0.29) is 30.4 Å². The SMILES string of the molecule is CCN(CC)C(=O)Nc1ccc(C(C)NC(=O)C2(N)CCOCC2)cc1.Cl. The zero-order chi connectivity index (χ0) is 19.2. The minimum Gasteiger partial charge on any atom is -0.381 e. The second-order valence-corrected chi connectivity index (χ2v) is 6.69. The standard InChI is InChI=1S/C19H30N4O3.ClH/c1-4-23(5-2)18(25)22-16-8-6-15(7-9-16)14(3)21-17(24)19(20)10-12-26-13-11-19;/h6-9,14H,4-5,10-13,20H2,1-3H3,(H,21,24)(H,22,25);1H. The molecule has 1 atom stereocenters. The third-order valence-corrected chi connectivity index (χ3v) is 4.90. The van der Waals surface area contributed by atoms with E-state index in [0.29, 0.717) is 39.1 Å². The molecule has 4 N–H and O–H groups in total. The summed E-state index contributed by atoms with van der Waals surface area (Å²) in [7, 11) is 0. The molecule has 1 fully saturated rings. The topological polar surface area (TPSA) is 96.7 Å². The fourth-order valence-corrected chi connectivity index (χ4v) is 2.95. The van der Waals surface area contributed by atoms with Gasteiger partial charge in [0, 0.05) is 32.0 Å². The highest BCUT2D eigenvalue weighted by Gasteiger charge is 2.36. The van der Waals surface area contributed by atoms with Gasteiger partial charge in [0.25, 0.3) is 0 Å². The Morgan fingerprint density at radius 3 is 2.26 bits per heavy atom. The van der Waals surface area contributed by atoms with E-state index in [1.165, 1.54) is 0 Å². The highest BCUT2D eigenvalue weighted by Crippen LogP contribution is 2.21. The van der Waals surface area contributed by atoms with Crippen molar-refractivity contribution >= 4 is 30.0 Å². The average Bonchev–Trinajstić information content (AvgIpc) is 2.64. The van der Waals surface area contributed by atoms with Gasteiger partial charge in [-0.2, -0.15) is 0 Å². The molecule has 8 heteroatoms. The molecule has 0 bridgehead atoms. The van der Waals surface area contributed by atoms with Crippen molar-refractivity contribution in [2.24, 2.45) is 5.73 Å². The molecule has 1 unspecified atom stereocenters. The molecule has 0 saturated carbocycles. The number of nitrogens with zero attached hydrogens (tertiary/aromatic N) is 1. The number of benzene rings is 1. The van der Waals surface area contributed by atoms with Gasteiger partial charge < -0.3 is 26.0 Å². The molecular weight excluding hydrogens is 368 g/mol. The number of urea groups is 1. The van der Waals surface area contributed by atoms with Crippen molar-refractivity contribution in [3.63, 3.8) is 0 Å². The third-order valence-electron chi connectivity index (χ3n) is 4.90. The van der Waals surface area contributed by atoms with Gasteiger partial charge in [-0.15, -0.1) is 12.4 Å². The number of halogens is 1. The number of nitrogens with one attached hydrogen (secondary N) is 2. The number of nitrogens with two attached hydrogens (primary N) is 1. The zero-order valence-electron chi connectivity index (χ0n) is 16.3. The second-order valence-electron chi connectivity index (χ2n) is 6.69. The predicted molar refractivity (Wildman–Crippen MR) is 109 cm³/mol. The number of carbonyl (C=O) groups is 2. The van der Waals surface area contributed by atoms with Gasteiger partial charge in [0.2, 0.25) is 5.91 Å². The van der Waals surface area contributed by atoms with Crippen LogP contribution in [0, 0.1) is 0 Å². The number of hydrogen-bond acceptors (Lipinski definition) is 4. The van der Waals surface area contributed by atoms with E-state index in [1.54, 1.807) is 4.90 Å². The monoisotopic (exact) mass is 398 g/mol. The van der Waals surface area contributed by atoms with Gasteiger partial charge in [-0.25, -0.2) is 4.79 Å². The number of rotatable bonds is 6. The Morgan fingerprint density at radius 2 is 1.74 bits per heavy atom. The molecule has 1 aliphatic rings. The van der Waals surface area contributed by atoms with E-state index < -0.39 is 5.54 Å². The summed E-state index contributed by atoms with van der Waals surface area (Å²) in [6, 6.07) is 7.19. The van der Waals surface area contributed by atoms with Gasteiger partial charge in [-0.3, -0.25) is 4.79 Å². The highest BCUT2D eigenvalue weighted by molar-refractivity contribution is 5.89. The van der Waals surface area contributed by atoms with Crippen LogP contribution in [0.3, 0.4) is 0 Å². The van der Waals surface area contributed by atoms with Gasteiger partial charge in [-0.1, -0.05) is 12.1 Å². The Morgan fingerprint density at radius 1 is 1.19 bits per heavy atom. The maximum Gasteiger partial charge on any atom is 0.321 e. The molecule has 27 heavy (non-hydrogen) atoms. The van der Waals surface area contributed by atoms with Crippen molar-refractivity contribution < 1.29 is 14.3 Å². The molecule has 0 radical (unpaired) electrons. The van der Waals surface area contributed by atoms with Crippen LogP contribution in [-0.2, 0) is 9.53 Å². The van der Waals surface area contributed by atoms with E-state index in [1.807, 2.05) is 45.0 Å². The van der Waals surface area contributed by atoms with Crippen molar-refractivity contribution in [3.8, 4) is 0 Å². The first-order valence-corrected chi connectivity index (χ1v) is 9.23. The maximum atomic E-state index is 12.5. The van der Waals surface area contributed by atoms with Crippen LogP contribution in [0.15, 0.2) is 24.3 Å². The number of hydrogen-bond donors (Lipinski definition) is 3. The fraction of sp³-hybridized carbons (Fsp3) is 0.579. The van der Waals surface area contributed by atoms with Gasteiger partial charge in [0.05, 0.1) is 11.6 Å². The molecule has 0 spiro atoms. The largest absolute Gasteiger partial charge is 0.381 e. The van der Waals surface area contributed by atoms with Crippen molar-refractivity contribution in [3.05, 3.63) is 29.8 Å². The van der Waals surface area contributed by atoms with Gasteiger partial charge in [-0.05, 0) is 51.3 Å². The van der Waals surface area contributed by atoms with Gasteiger partial charge in [0.15, 0.2) is 0 Å². The lowest BCUT2D eigenvalue weighted by Crippen LogP contribution is -2.57. The highest BCUT2D eigenvalue weighted by atomic mass is 35.5. The van der Waals surface area contributed by atoms with Crippen LogP contribution < -0.4 is 16.4 Å². The lowest BCUT2D eigenvalue weighted by Gasteiger charge is -2.33. The fourth-order valence-electron chi connectivity index (χ4n) is 2.95. The molecule has 1 heterocycles. The molecule has 3 amide bonds. The third kappa shape index (κ3) is 6.09. The molecule has 7 nitrogen and oxygen atoms in total. The normalized spacial score (nSPS) is 16.6. The van der Waals surface area contributed by atoms with E-state index in [4.69, 9.17) is 10.5 Å². The number of carbonyl (C=O) groups excluding carboxylic acids is 2. The first-order chi connectivity index (χ1) is 12.4. The summed E-state index contributed by atoms with van der Waals surface area (Å²) in [4.78, 5) is 26.3. The molecule has 1 aromatic carbocycles. The van der Waals surface area contributed by atoms with Crippen molar-refractivity contribution in [1.29, 1.82) is 0 Å². The summed E-state index contributed by atoms with van der Waals surface area (Å²) < 4.78 is 5.28. The Hall–Kier alpha value is -1.83. The Labute approximate surface area is 167 Å². The minimum absolute atomic E-state index is 0. The molecule has 1 saturated heterocycles. The summed E-state index contributed by atoms with van der Waals surface area (Å²) >= 11 is 0. The first-order valence-electron chi connectivity index (χ1n) is 9.23. The summed E-state index contributed by atoms with van der Waals surface area (Å²) in [6.07, 6.45) is 1.06. The number of anilines is 1. The molecule has 1 aromatic rings. The Bertz CT molecular complexity index is 614. The van der Waals surface area contributed by atoms with Crippen LogP contribution >= 0.6 is 12.4 Å².